The number of furan rings is 1. The molecule has 1 N–H and O–H groups in total. The standard InChI is InChI=1S/C20H16BrN3O5/c1-13(28-17-8-4-15(21)5-9-17)20(25)23-22-12-18-10-11-19(29-18)14-2-6-16(7-3-14)24(26)27/h2-13H,1H3,(H,23,25). The second-order valence-corrected chi connectivity index (χ2v) is 6.87. The molecule has 0 fully saturated rings. The van der Waals surface area contributed by atoms with Crippen molar-refractivity contribution in [1.82, 2.24) is 5.43 Å². The van der Waals surface area contributed by atoms with Crippen molar-refractivity contribution in [2.24, 2.45) is 5.10 Å². The number of nitrogens with zero attached hydrogens (tertiary/aromatic N) is 2. The van der Waals surface area contributed by atoms with E-state index < -0.39 is 16.9 Å². The number of hydrogen-bond donors (Lipinski definition) is 1. The van der Waals surface area contributed by atoms with E-state index in [4.69, 9.17) is 9.15 Å². The summed E-state index contributed by atoms with van der Waals surface area (Å²) in [5.41, 5.74) is 3.09. The summed E-state index contributed by atoms with van der Waals surface area (Å²) in [6, 6.07) is 16.5. The molecule has 9 heteroatoms. The molecule has 2 aromatic carbocycles. The summed E-state index contributed by atoms with van der Waals surface area (Å²) in [6.45, 7) is 1.62. The molecule has 1 heterocycles. The largest absolute Gasteiger partial charge is 0.481 e. The van der Waals surface area contributed by atoms with Crippen LogP contribution in [0.3, 0.4) is 0 Å². The van der Waals surface area contributed by atoms with Crippen LogP contribution in [0.2, 0.25) is 0 Å². The third-order valence-corrected chi connectivity index (χ3v) is 4.38. The second kappa shape index (κ2) is 9.16. The predicted octanol–water partition coefficient (Wildman–Crippen LogP) is 4.53. The van der Waals surface area contributed by atoms with Gasteiger partial charge in [-0.2, -0.15) is 5.10 Å². The summed E-state index contributed by atoms with van der Waals surface area (Å²) in [5.74, 6) is 1.10. The topological polar surface area (TPSA) is 107 Å². The van der Waals surface area contributed by atoms with Gasteiger partial charge in [-0.25, -0.2) is 5.43 Å². The fourth-order valence-corrected chi connectivity index (χ4v) is 2.61. The maximum absolute atomic E-state index is 12.1. The molecule has 0 spiro atoms. The SMILES string of the molecule is CC(Oc1ccc(Br)cc1)C(=O)NN=Cc1ccc(-c2ccc([N+](=O)[O-])cc2)o1. The molecule has 1 unspecified atom stereocenters. The Kier molecular flexibility index (Phi) is 6.40. The van der Waals surface area contributed by atoms with Crippen LogP contribution >= 0.6 is 15.9 Å². The van der Waals surface area contributed by atoms with E-state index in [1.54, 1.807) is 43.3 Å². The fourth-order valence-electron chi connectivity index (χ4n) is 2.35. The molecular weight excluding hydrogens is 442 g/mol. The van der Waals surface area contributed by atoms with E-state index in [9.17, 15) is 14.9 Å². The Balaban J connectivity index is 1.55. The number of hydrogen-bond acceptors (Lipinski definition) is 6. The van der Waals surface area contributed by atoms with E-state index >= 15 is 0 Å². The van der Waals surface area contributed by atoms with Crippen LogP contribution in [0.4, 0.5) is 5.69 Å². The van der Waals surface area contributed by atoms with Crippen LogP contribution in [-0.2, 0) is 4.79 Å². The number of nitro groups is 1. The van der Waals surface area contributed by atoms with E-state index in [-0.39, 0.29) is 5.69 Å². The van der Waals surface area contributed by atoms with Gasteiger partial charge >= 0.3 is 0 Å². The molecule has 0 saturated heterocycles. The van der Waals surface area contributed by atoms with Crippen molar-refractivity contribution < 1.29 is 18.9 Å². The minimum absolute atomic E-state index is 0.00396. The lowest BCUT2D eigenvalue weighted by Gasteiger charge is -2.12. The quantitative estimate of drug-likeness (QED) is 0.318. The molecule has 148 valence electrons. The van der Waals surface area contributed by atoms with Crippen molar-refractivity contribution in [3.05, 3.63) is 81.0 Å². The molecule has 0 aliphatic heterocycles. The molecule has 0 bridgehead atoms. The molecule has 0 saturated carbocycles. The van der Waals surface area contributed by atoms with Crippen LogP contribution in [0.25, 0.3) is 11.3 Å². The minimum Gasteiger partial charge on any atom is -0.481 e. The van der Waals surface area contributed by atoms with E-state index in [1.807, 2.05) is 12.1 Å². The van der Waals surface area contributed by atoms with E-state index in [1.165, 1.54) is 18.3 Å². The number of nitro benzene ring substituents is 1. The Bertz CT molecular complexity index is 1030. The van der Waals surface area contributed by atoms with Crippen molar-refractivity contribution in [2.45, 2.75) is 13.0 Å². The summed E-state index contributed by atoms with van der Waals surface area (Å²) in [6.07, 6.45) is 0.625. The Morgan fingerprint density at radius 3 is 2.52 bits per heavy atom. The van der Waals surface area contributed by atoms with Crippen LogP contribution < -0.4 is 10.2 Å². The fraction of sp³-hybridized carbons (Fsp3) is 0.100. The summed E-state index contributed by atoms with van der Waals surface area (Å²) in [7, 11) is 0. The molecule has 3 rings (SSSR count). The number of carbonyl (C=O) groups is 1. The Hall–Kier alpha value is -3.46. The highest BCUT2D eigenvalue weighted by Crippen LogP contribution is 2.24. The molecule has 3 aromatic rings. The molecule has 1 aromatic heterocycles. The van der Waals surface area contributed by atoms with Crippen molar-refractivity contribution in [3.63, 3.8) is 0 Å². The highest BCUT2D eigenvalue weighted by Gasteiger charge is 2.14. The van der Waals surface area contributed by atoms with Crippen molar-refractivity contribution >= 4 is 33.7 Å². The first-order chi connectivity index (χ1) is 13.9. The Morgan fingerprint density at radius 2 is 1.86 bits per heavy atom. The zero-order valence-corrected chi connectivity index (χ0v) is 16.8. The van der Waals surface area contributed by atoms with E-state index in [0.717, 1.165) is 4.47 Å². The van der Waals surface area contributed by atoms with Crippen LogP contribution in [0, 0.1) is 10.1 Å². The van der Waals surface area contributed by atoms with Crippen molar-refractivity contribution in [3.8, 4) is 17.1 Å². The second-order valence-electron chi connectivity index (χ2n) is 5.95. The summed E-state index contributed by atoms with van der Waals surface area (Å²) < 4.78 is 12.1. The molecule has 0 radical (unpaired) electrons. The average Bonchev–Trinajstić information content (AvgIpc) is 3.18. The van der Waals surface area contributed by atoms with Gasteiger partial charge in [-0.3, -0.25) is 14.9 Å². The van der Waals surface area contributed by atoms with Gasteiger partial charge < -0.3 is 9.15 Å². The number of benzene rings is 2. The van der Waals surface area contributed by atoms with Gasteiger partial charge in [0, 0.05) is 22.2 Å². The number of ether oxygens (including phenoxy) is 1. The van der Waals surface area contributed by atoms with Gasteiger partial charge in [-0.1, -0.05) is 15.9 Å². The lowest BCUT2D eigenvalue weighted by molar-refractivity contribution is -0.384. The van der Waals surface area contributed by atoms with Crippen LogP contribution in [0.1, 0.15) is 12.7 Å². The van der Waals surface area contributed by atoms with Gasteiger partial charge in [-0.05, 0) is 55.5 Å². The van der Waals surface area contributed by atoms with Gasteiger partial charge in [-0.15, -0.1) is 0 Å². The van der Waals surface area contributed by atoms with Gasteiger partial charge in [0.05, 0.1) is 11.1 Å². The lowest BCUT2D eigenvalue weighted by atomic mass is 10.1. The number of nitrogens with one attached hydrogen (secondary N) is 1. The Morgan fingerprint density at radius 1 is 1.17 bits per heavy atom. The van der Waals surface area contributed by atoms with Gasteiger partial charge in [0.25, 0.3) is 11.6 Å². The first-order valence-corrected chi connectivity index (χ1v) is 9.31. The molecule has 8 nitrogen and oxygen atoms in total. The number of halogens is 1. The van der Waals surface area contributed by atoms with Gasteiger partial charge in [0.15, 0.2) is 6.10 Å². The number of rotatable bonds is 7. The Labute approximate surface area is 174 Å². The third-order valence-electron chi connectivity index (χ3n) is 3.85. The van der Waals surface area contributed by atoms with Gasteiger partial charge in [0.1, 0.15) is 17.3 Å². The number of amides is 1. The van der Waals surface area contributed by atoms with Crippen LogP contribution in [0.15, 0.2) is 74.7 Å². The van der Waals surface area contributed by atoms with Crippen molar-refractivity contribution in [1.29, 1.82) is 0 Å². The smallest absolute Gasteiger partial charge is 0.280 e. The lowest BCUT2D eigenvalue weighted by Crippen LogP contribution is -2.33. The number of carbonyl (C=O) groups excluding carboxylic acids is 1. The summed E-state index contributed by atoms with van der Waals surface area (Å²) >= 11 is 3.33. The zero-order valence-electron chi connectivity index (χ0n) is 15.2. The molecule has 29 heavy (non-hydrogen) atoms. The number of non-ortho nitro benzene ring substituents is 1. The number of hydrazone groups is 1. The third kappa shape index (κ3) is 5.52. The monoisotopic (exact) mass is 457 g/mol. The molecular formula is C20H16BrN3O5. The highest BCUT2D eigenvalue weighted by molar-refractivity contribution is 9.10. The van der Waals surface area contributed by atoms with E-state index in [0.29, 0.717) is 22.8 Å². The average molecular weight is 458 g/mol. The summed E-state index contributed by atoms with van der Waals surface area (Å²) in [4.78, 5) is 22.3. The van der Waals surface area contributed by atoms with Crippen LogP contribution in [-0.4, -0.2) is 23.1 Å². The normalized spacial score (nSPS) is 11.9. The zero-order chi connectivity index (χ0) is 20.8. The first kappa shape index (κ1) is 20.3. The first-order valence-electron chi connectivity index (χ1n) is 8.52. The van der Waals surface area contributed by atoms with Crippen LogP contribution in [0.5, 0.6) is 5.75 Å². The minimum atomic E-state index is -0.736. The highest BCUT2D eigenvalue weighted by atomic mass is 79.9. The molecule has 0 aliphatic carbocycles. The molecule has 0 aliphatic rings. The summed E-state index contributed by atoms with van der Waals surface area (Å²) in [5, 5.41) is 14.6. The predicted molar refractivity (Wildman–Crippen MR) is 111 cm³/mol. The van der Waals surface area contributed by atoms with Crippen molar-refractivity contribution in [2.75, 3.05) is 0 Å². The van der Waals surface area contributed by atoms with Gasteiger partial charge in [0.2, 0.25) is 0 Å². The maximum Gasteiger partial charge on any atom is 0.280 e. The molecule has 1 amide bonds. The molecule has 1 atom stereocenters. The maximum atomic E-state index is 12.1. The van der Waals surface area contributed by atoms with E-state index in [2.05, 4.69) is 26.5 Å².